The quantitative estimate of drug-likeness (QED) is 0.130. The van der Waals surface area contributed by atoms with E-state index in [1.54, 1.807) is 0 Å². The molecule has 0 saturated heterocycles. The van der Waals surface area contributed by atoms with Gasteiger partial charge in [-0.15, -0.1) is 0 Å². The predicted molar refractivity (Wildman–Crippen MR) is 213 cm³/mol. The molecule has 0 unspecified atom stereocenters. The van der Waals surface area contributed by atoms with E-state index in [9.17, 15) is 0 Å². The first kappa shape index (κ1) is 30.5. The van der Waals surface area contributed by atoms with Gasteiger partial charge in [0, 0.05) is 27.1 Å². The molecule has 5 heteroatoms. The molecule has 6 aromatic carbocycles. The van der Waals surface area contributed by atoms with Gasteiger partial charge in [-0.3, -0.25) is 4.99 Å². The minimum absolute atomic E-state index is 0.442. The van der Waals surface area contributed by atoms with E-state index in [1.165, 1.54) is 21.9 Å². The molecule has 0 amide bonds. The SMILES string of the molecule is C=NC(=NC(=NCc1ccc2c(c1)oc1c(-n3c4ccccc4c4ccccc43)cccc12)C1=CC=C(c2ccccc2)CC1)c1ccccc1. The van der Waals surface area contributed by atoms with Crippen LogP contribution in [0.15, 0.2) is 183 Å². The maximum absolute atomic E-state index is 6.72. The summed E-state index contributed by atoms with van der Waals surface area (Å²) in [6.07, 6.45) is 6.08. The molecule has 0 aliphatic heterocycles. The van der Waals surface area contributed by atoms with Crippen LogP contribution in [0.25, 0.3) is 55.0 Å². The summed E-state index contributed by atoms with van der Waals surface area (Å²) in [6, 6.07) is 50.4. The van der Waals surface area contributed by atoms with E-state index in [1.807, 2.05) is 30.3 Å². The van der Waals surface area contributed by atoms with Gasteiger partial charge < -0.3 is 8.98 Å². The van der Waals surface area contributed by atoms with Crippen molar-refractivity contribution < 1.29 is 4.42 Å². The number of hydrogen-bond donors (Lipinski definition) is 0. The van der Waals surface area contributed by atoms with Gasteiger partial charge in [0.1, 0.15) is 5.58 Å². The normalized spacial score (nSPS) is 14.0. The van der Waals surface area contributed by atoms with Crippen molar-refractivity contribution in [3.8, 4) is 5.69 Å². The Balaban J connectivity index is 1.11. The Morgan fingerprint density at radius 3 is 2.02 bits per heavy atom. The average Bonchev–Trinajstić information content (AvgIpc) is 3.74. The van der Waals surface area contributed by atoms with Crippen LogP contribution in [-0.2, 0) is 6.54 Å². The van der Waals surface area contributed by atoms with E-state index in [0.29, 0.717) is 18.2 Å². The Morgan fingerprint density at radius 2 is 1.31 bits per heavy atom. The fourth-order valence-corrected chi connectivity index (χ4v) is 7.25. The first-order valence-corrected chi connectivity index (χ1v) is 17.3. The zero-order chi connectivity index (χ0) is 34.1. The number of amidine groups is 2. The van der Waals surface area contributed by atoms with Crippen molar-refractivity contribution in [1.82, 2.24) is 4.57 Å². The molecule has 1 aliphatic rings. The van der Waals surface area contributed by atoms with Crippen LogP contribution in [0.5, 0.6) is 0 Å². The monoisotopic (exact) mass is 658 g/mol. The van der Waals surface area contributed by atoms with Gasteiger partial charge in [-0.2, -0.15) is 0 Å². The largest absolute Gasteiger partial charge is 0.454 e. The molecule has 51 heavy (non-hydrogen) atoms. The molecular weight excluding hydrogens is 625 g/mol. The van der Waals surface area contributed by atoms with Crippen LogP contribution in [-0.4, -0.2) is 23.0 Å². The Bertz CT molecular complexity index is 2670. The molecule has 0 bridgehead atoms. The fourth-order valence-electron chi connectivity index (χ4n) is 7.25. The Labute approximate surface area is 295 Å². The van der Waals surface area contributed by atoms with Crippen LogP contribution >= 0.6 is 0 Å². The molecule has 0 radical (unpaired) electrons. The van der Waals surface area contributed by atoms with E-state index in [4.69, 9.17) is 14.4 Å². The second-order valence-electron chi connectivity index (χ2n) is 12.8. The molecule has 0 N–H and O–H groups in total. The van der Waals surface area contributed by atoms with Crippen molar-refractivity contribution in [1.29, 1.82) is 0 Å². The van der Waals surface area contributed by atoms with E-state index < -0.39 is 0 Å². The molecule has 2 heterocycles. The molecule has 244 valence electrons. The number of hydrogen-bond acceptors (Lipinski definition) is 2. The zero-order valence-electron chi connectivity index (χ0n) is 28.0. The summed E-state index contributed by atoms with van der Waals surface area (Å²) >= 11 is 0. The maximum atomic E-state index is 6.72. The molecule has 0 saturated carbocycles. The Hall–Kier alpha value is -6.59. The van der Waals surface area contributed by atoms with Crippen molar-refractivity contribution in [2.75, 3.05) is 0 Å². The van der Waals surface area contributed by atoms with E-state index in [-0.39, 0.29) is 0 Å². The molecule has 1 aliphatic carbocycles. The molecule has 5 nitrogen and oxygen atoms in total. The van der Waals surface area contributed by atoms with Crippen molar-refractivity contribution in [3.63, 3.8) is 0 Å². The zero-order valence-corrected chi connectivity index (χ0v) is 28.0. The Kier molecular flexibility index (Phi) is 7.78. The lowest BCUT2D eigenvalue weighted by molar-refractivity contribution is 0.665. The molecule has 0 spiro atoms. The summed E-state index contributed by atoms with van der Waals surface area (Å²) in [5.41, 5.74) is 10.6. The van der Waals surface area contributed by atoms with Crippen LogP contribution < -0.4 is 0 Å². The van der Waals surface area contributed by atoms with Crippen molar-refractivity contribution >= 4 is 67.7 Å². The summed E-state index contributed by atoms with van der Waals surface area (Å²) in [4.78, 5) is 14.4. The Morgan fingerprint density at radius 1 is 0.627 bits per heavy atom. The molecule has 0 atom stereocenters. The van der Waals surface area contributed by atoms with Crippen molar-refractivity contribution in [3.05, 3.63) is 180 Å². The number of rotatable bonds is 6. The van der Waals surface area contributed by atoms with Crippen LogP contribution in [0.4, 0.5) is 0 Å². The minimum Gasteiger partial charge on any atom is -0.454 e. The third-order valence-electron chi connectivity index (χ3n) is 9.75. The summed E-state index contributed by atoms with van der Waals surface area (Å²) in [6.45, 7) is 4.28. The number of nitrogens with zero attached hydrogens (tertiary/aromatic N) is 4. The lowest BCUT2D eigenvalue weighted by Gasteiger charge is -2.15. The highest BCUT2D eigenvalue weighted by Gasteiger charge is 2.18. The number of aliphatic imine (C=N–C) groups is 3. The second-order valence-corrected chi connectivity index (χ2v) is 12.8. The van der Waals surface area contributed by atoms with Gasteiger partial charge in [-0.25, -0.2) is 9.98 Å². The topological polar surface area (TPSA) is 55.1 Å². The molecule has 0 fully saturated rings. The standard InChI is InChI=1S/C46H34N4O/c1-47-45(34-15-6-3-7-16-34)49-46(35-26-24-33(25-27-35)32-13-4-2-5-14-32)48-30-31-23-28-38-39-19-12-22-42(44(39)51-43(38)29-31)50-40-20-10-8-17-36(40)37-18-9-11-21-41(37)50/h2-24,26,28-29H,1,25,27,30H2. The minimum atomic E-state index is 0.442. The lowest BCUT2D eigenvalue weighted by atomic mass is 9.93. The second kappa shape index (κ2) is 13.0. The first-order chi connectivity index (χ1) is 25.2. The van der Waals surface area contributed by atoms with Crippen LogP contribution in [0.2, 0.25) is 0 Å². The molecule has 9 rings (SSSR count). The number of aromatic nitrogens is 1. The number of allylic oxidation sites excluding steroid dienone is 3. The van der Waals surface area contributed by atoms with E-state index in [2.05, 4.69) is 144 Å². The van der Waals surface area contributed by atoms with Crippen molar-refractivity contribution in [2.45, 2.75) is 19.4 Å². The van der Waals surface area contributed by atoms with E-state index in [0.717, 1.165) is 68.2 Å². The van der Waals surface area contributed by atoms with Gasteiger partial charge in [0.05, 0.1) is 23.3 Å². The molecular formula is C46H34N4O. The number of benzene rings is 6. The summed E-state index contributed by atoms with van der Waals surface area (Å²) in [5.74, 6) is 1.22. The molecule has 8 aromatic rings. The highest BCUT2D eigenvalue weighted by Crippen LogP contribution is 2.38. The van der Waals surface area contributed by atoms with Gasteiger partial charge in [-0.05, 0) is 66.1 Å². The van der Waals surface area contributed by atoms with Gasteiger partial charge in [0.2, 0.25) is 0 Å². The molecule has 2 aromatic heterocycles. The van der Waals surface area contributed by atoms with Crippen LogP contribution in [0, 0.1) is 0 Å². The van der Waals surface area contributed by atoms with Gasteiger partial charge in [0.15, 0.2) is 17.3 Å². The number of fused-ring (bicyclic) bond motifs is 6. The number of para-hydroxylation sites is 3. The average molecular weight is 659 g/mol. The van der Waals surface area contributed by atoms with Gasteiger partial charge in [0.25, 0.3) is 0 Å². The van der Waals surface area contributed by atoms with Crippen LogP contribution in [0.1, 0.15) is 29.5 Å². The highest BCUT2D eigenvalue weighted by atomic mass is 16.3. The summed E-state index contributed by atoms with van der Waals surface area (Å²) in [7, 11) is 0. The van der Waals surface area contributed by atoms with Crippen LogP contribution in [0.3, 0.4) is 0 Å². The highest BCUT2D eigenvalue weighted by molar-refractivity contribution is 6.14. The summed E-state index contributed by atoms with van der Waals surface area (Å²) in [5, 5.41) is 4.61. The first-order valence-electron chi connectivity index (χ1n) is 17.3. The smallest absolute Gasteiger partial charge is 0.160 e. The van der Waals surface area contributed by atoms with Crippen molar-refractivity contribution in [2.24, 2.45) is 15.0 Å². The third-order valence-corrected chi connectivity index (χ3v) is 9.75. The van der Waals surface area contributed by atoms with E-state index >= 15 is 0 Å². The van der Waals surface area contributed by atoms with Gasteiger partial charge >= 0.3 is 0 Å². The van der Waals surface area contributed by atoms with Gasteiger partial charge in [-0.1, -0.05) is 133 Å². The predicted octanol–water partition coefficient (Wildman–Crippen LogP) is 11.5. The maximum Gasteiger partial charge on any atom is 0.160 e. The fraction of sp³-hybridized carbons (Fsp3) is 0.0652. The number of furan rings is 1. The summed E-state index contributed by atoms with van der Waals surface area (Å²) < 4.78 is 9.04. The third kappa shape index (κ3) is 5.59. The lowest BCUT2D eigenvalue weighted by Crippen LogP contribution is -2.09.